The van der Waals surface area contributed by atoms with Crippen LogP contribution in [0.15, 0.2) is 36.9 Å². The van der Waals surface area contributed by atoms with Gasteiger partial charge in [-0.3, -0.25) is 4.79 Å². The maximum atomic E-state index is 11.6. The average molecular weight is 311 g/mol. The van der Waals surface area contributed by atoms with Crippen molar-refractivity contribution in [2.75, 3.05) is 5.32 Å². The van der Waals surface area contributed by atoms with Crippen LogP contribution in [0.3, 0.4) is 0 Å². The lowest BCUT2D eigenvalue weighted by Gasteiger charge is -2.04. The number of benzene rings is 1. The van der Waals surface area contributed by atoms with Gasteiger partial charge in [0.15, 0.2) is 5.78 Å². The van der Waals surface area contributed by atoms with Gasteiger partial charge in [0, 0.05) is 17.7 Å². The second kappa shape index (κ2) is 9.41. The number of hydrogen-bond donors (Lipinski definition) is 2. The summed E-state index contributed by atoms with van der Waals surface area (Å²) in [6.07, 6.45) is 6.11. The maximum absolute atomic E-state index is 11.6. The Morgan fingerprint density at radius 3 is 2.48 bits per heavy atom. The average Bonchev–Trinajstić information content (AvgIpc) is 2.98. The van der Waals surface area contributed by atoms with E-state index in [0.717, 1.165) is 22.6 Å². The smallest absolute Gasteiger partial charge is 0.205 e. The van der Waals surface area contributed by atoms with Crippen molar-refractivity contribution >= 4 is 29.6 Å². The molecule has 0 aliphatic heterocycles. The van der Waals surface area contributed by atoms with Crippen LogP contribution < -0.4 is 5.32 Å². The molecule has 4 nitrogen and oxygen atoms in total. The molecule has 0 spiro atoms. The zero-order valence-electron chi connectivity index (χ0n) is 14.3. The van der Waals surface area contributed by atoms with E-state index in [-0.39, 0.29) is 5.78 Å². The Labute approximate surface area is 138 Å². The van der Waals surface area contributed by atoms with Crippen molar-refractivity contribution in [3.05, 3.63) is 53.9 Å². The van der Waals surface area contributed by atoms with E-state index in [2.05, 4.69) is 21.9 Å². The molecule has 2 aromatic rings. The van der Waals surface area contributed by atoms with Crippen molar-refractivity contribution in [2.45, 2.75) is 34.1 Å². The summed E-state index contributed by atoms with van der Waals surface area (Å²) in [5, 5.41) is 3.18. The topological polar surface area (TPSA) is 57.8 Å². The van der Waals surface area contributed by atoms with Crippen LogP contribution >= 0.6 is 0 Å². The van der Waals surface area contributed by atoms with Gasteiger partial charge in [-0.2, -0.15) is 0 Å². The lowest BCUT2D eigenvalue weighted by Crippen LogP contribution is -1.97. The largest absolute Gasteiger partial charge is 0.326 e. The van der Waals surface area contributed by atoms with E-state index in [4.69, 9.17) is 0 Å². The Morgan fingerprint density at radius 1 is 1.30 bits per heavy atom. The van der Waals surface area contributed by atoms with Gasteiger partial charge in [-0.1, -0.05) is 33.4 Å². The third-order valence-corrected chi connectivity index (χ3v) is 3.08. The highest BCUT2D eigenvalue weighted by Crippen LogP contribution is 2.18. The maximum Gasteiger partial charge on any atom is 0.205 e. The van der Waals surface area contributed by atoms with Gasteiger partial charge < -0.3 is 10.3 Å². The number of Topliss-reactive ketones (excluding diaryl/α,β-unsaturated/α-hetero) is 1. The van der Waals surface area contributed by atoms with Gasteiger partial charge in [0.2, 0.25) is 5.95 Å². The quantitative estimate of drug-likeness (QED) is 0.697. The van der Waals surface area contributed by atoms with Crippen molar-refractivity contribution in [3.8, 4) is 0 Å². The van der Waals surface area contributed by atoms with Gasteiger partial charge in [-0.05, 0) is 43.3 Å². The first-order valence-corrected chi connectivity index (χ1v) is 7.93. The van der Waals surface area contributed by atoms with Crippen LogP contribution in [0.2, 0.25) is 0 Å². The van der Waals surface area contributed by atoms with Gasteiger partial charge in [-0.15, -0.1) is 0 Å². The number of anilines is 2. The van der Waals surface area contributed by atoms with Crippen molar-refractivity contribution in [1.82, 2.24) is 9.97 Å². The molecule has 0 amide bonds. The van der Waals surface area contributed by atoms with Gasteiger partial charge in [0.05, 0.1) is 11.4 Å². The molecule has 0 saturated heterocycles. The van der Waals surface area contributed by atoms with Crippen molar-refractivity contribution in [3.63, 3.8) is 0 Å². The third-order valence-electron chi connectivity index (χ3n) is 3.08. The number of allylic oxidation sites excluding steroid dienone is 1. The van der Waals surface area contributed by atoms with Crippen molar-refractivity contribution < 1.29 is 4.79 Å². The van der Waals surface area contributed by atoms with E-state index < -0.39 is 0 Å². The summed E-state index contributed by atoms with van der Waals surface area (Å²) >= 11 is 0. The highest BCUT2D eigenvalue weighted by molar-refractivity contribution is 5.96. The predicted molar refractivity (Wildman–Crippen MR) is 99.1 cm³/mol. The Bertz CT molecular complexity index is 666. The number of hydrogen-bond acceptors (Lipinski definition) is 3. The van der Waals surface area contributed by atoms with Crippen LogP contribution in [0.1, 0.15) is 55.9 Å². The molecule has 23 heavy (non-hydrogen) atoms. The summed E-state index contributed by atoms with van der Waals surface area (Å²) in [5.74, 6) is 0.788. The van der Waals surface area contributed by atoms with E-state index in [1.54, 1.807) is 6.08 Å². The van der Waals surface area contributed by atoms with Crippen LogP contribution in [-0.2, 0) is 0 Å². The summed E-state index contributed by atoms with van der Waals surface area (Å²) in [6, 6.07) is 7.37. The number of H-pyrrole nitrogens is 1. The molecule has 0 saturated carbocycles. The molecule has 0 radical (unpaired) electrons. The number of carbonyl (C=O) groups excluding carboxylic acids is 1. The molecule has 0 bridgehead atoms. The number of carbonyl (C=O) groups is 1. The molecule has 0 atom stereocenters. The summed E-state index contributed by atoms with van der Waals surface area (Å²) < 4.78 is 0. The minimum atomic E-state index is 0.142. The van der Waals surface area contributed by atoms with E-state index in [1.165, 1.54) is 0 Å². The summed E-state index contributed by atoms with van der Waals surface area (Å²) in [5.41, 5.74) is 3.31. The van der Waals surface area contributed by atoms with E-state index in [0.29, 0.717) is 12.4 Å². The van der Waals surface area contributed by atoms with Crippen LogP contribution in [0.4, 0.5) is 11.6 Å². The standard InChI is InChI=1S/C17H19N3O.C2H6/c1-4-7-15-14(5-2)19-17(20-15)18-13-10-8-12(9-11-13)16(21)6-3;1-2/h4-5,7-11H,2,6H2,1,3H3,(H2,18,19,20);1-2H3/b7-4-;. The minimum Gasteiger partial charge on any atom is -0.326 e. The number of imidazole rings is 1. The molecular formula is C19H25N3O. The van der Waals surface area contributed by atoms with E-state index in [1.807, 2.05) is 64.1 Å². The van der Waals surface area contributed by atoms with Gasteiger partial charge in [-0.25, -0.2) is 4.98 Å². The molecule has 0 aliphatic carbocycles. The fourth-order valence-electron chi connectivity index (χ4n) is 1.99. The van der Waals surface area contributed by atoms with E-state index in [9.17, 15) is 4.79 Å². The SMILES string of the molecule is C=Cc1nc(Nc2ccc(C(=O)CC)cc2)[nH]c1/C=C\C.CC. The molecular weight excluding hydrogens is 286 g/mol. The molecule has 2 rings (SSSR count). The third kappa shape index (κ3) is 4.95. The summed E-state index contributed by atoms with van der Waals surface area (Å²) in [6.45, 7) is 11.6. The lowest BCUT2D eigenvalue weighted by atomic mass is 10.1. The van der Waals surface area contributed by atoms with Gasteiger partial charge >= 0.3 is 0 Å². The molecule has 1 heterocycles. The molecule has 122 valence electrons. The van der Waals surface area contributed by atoms with Crippen LogP contribution in [0.25, 0.3) is 12.2 Å². The van der Waals surface area contributed by atoms with Crippen LogP contribution in [0.5, 0.6) is 0 Å². The number of ketones is 1. The molecule has 4 heteroatoms. The fourth-order valence-corrected chi connectivity index (χ4v) is 1.99. The zero-order chi connectivity index (χ0) is 17.2. The Kier molecular flexibility index (Phi) is 7.54. The number of nitrogens with one attached hydrogen (secondary N) is 2. The van der Waals surface area contributed by atoms with Crippen molar-refractivity contribution in [2.24, 2.45) is 0 Å². The van der Waals surface area contributed by atoms with Crippen molar-refractivity contribution in [1.29, 1.82) is 0 Å². The Hall–Kier alpha value is -2.62. The van der Waals surface area contributed by atoms with Crippen LogP contribution in [-0.4, -0.2) is 15.8 Å². The fraction of sp³-hybridized carbons (Fsp3) is 0.263. The molecule has 1 aromatic heterocycles. The predicted octanol–water partition coefficient (Wildman–Crippen LogP) is 5.45. The van der Waals surface area contributed by atoms with E-state index >= 15 is 0 Å². The molecule has 0 unspecified atom stereocenters. The van der Waals surface area contributed by atoms with Gasteiger partial charge in [0.25, 0.3) is 0 Å². The summed E-state index contributed by atoms with van der Waals surface area (Å²) in [4.78, 5) is 19.2. The Balaban J connectivity index is 0.00000127. The monoisotopic (exact) mass is 311 g/mol. The minimum absolute atomic E-state index is 0.142. The second-order valence-corrected chi connectivity index (χ2v) is 4.57. The Morgan fingerprint density at radius 2 is 1.96 bits per heavy atom. The normalized spacial score (nSPS) is 10.1. The summed E-state index contributed by atoms with van der Waals surface area (Å²) in [7, 11) is 0. The molecule has 0 aliphatic rings. The molecule has 0 fully saturated rings. The first-order valence-electron chi connectivity index (χ1n) is 7.93. The number of nitrogens with zero attached hydrogens (tertiary/aromatic N) is 1. The molecule has 1 aromatic carbocycles. The number of aromatic nitrogens is 2. The first kappa shape index (κ1) is 18.4. The highest BCUT2D eigenvalue weighted by atomic mass is 16.1. The van der Waals surface area contributed by atoms with Crippen LogP contribution in [0, 0.1) is 0 Å². The highest BCUT2D eigenvalue weighted by Gasteiger charge is 2.06. The first-order chi connectivity index (χ1) is 11.2. The molecule has 2 N–H and O–H groups in total. The number of aromatic amines is 1. The van der Waals surface area contributed by atoms with Gasteiger partial charge in [0.1, 0.15) is 0 Å². The lowest BCUT2D eigenvalue weighted by molar-refractivity contribution is 0.0988. The zero-order valence-corrected chi connectivity index (χ0v) is 14.3. The second-order valence-electron chi connectivity index (χ2n) is 4.57. The number of rotatable bonds is 6.